The molecule has 122 valence electrons. The maximum atomic E-state index is 13.1. The molecule has 0 aliphatic heterocycles. The van der Waals surface area contributed by atoms with E-state index in [1.165, 1.54) is 0 Å². The third-order valence-electron chi connectivity index (χ3n) is 3.21. The fraction of sp³-hybridized carbons (Fsp3) is 0.133. The lowest BCUT2D eigenvalue weighted by Crippen LogP contribution is -2.45. The average molecular weight is 341 g/mol. The van der Waals surface area contributed by atoms with Gasteiger partial charge in [0, 0.05) is 6.54 Å². The minimum atomic E-state index is -5.80. The van der Waals surface area contributed by atoms with Crippen LogP contribution in [0.25, 0.3) is 16.8 Å². The van der Waals surface area contributed by atoms with E-state index in [4.69, 9.17) is 4.55 Å². The van der Waals surface area contributed by atoms with E-state index < -0.39 is 21.3 Å². The van der Waals surface area contributed by atoms with Gasteiger partial charge in [-0.15, -0.1) is 0 Å². The molecule has 2 aromatic rings. The molecule has 2 aromatic carbocycles. The Hall–Kier alpha value is -2.32. The summed E-state index contributed by atoms with van der Waals surface area (Å²) in [5.74, 6) is -2.08. The van der Waals surface area contributed by atoms with E-state index in [9.17, 15) is 22.0 Å². The van der Waals surface area contributed by atoms with Gasteiger partial charge in [0.25, 0.3) is 0 Å². The first-order valence-electron chi connectivity index (χ1n) is 6.43. The average Bonchev–Trinajstić information content (AvgIpc) is 2.50. The standard InChI is InChI=1S/C15H13F2NO4S/c1-2-10-3-5-13-8-11(4-6-12(13)7-10)9-18-14(19)15(16,17)23(20,21)22/h2-8H,1,9H2,(H,18,19)(H,20,21,22). The highest BCUT2D eigenvalue weighted by Crippen LogP contribution is 2.21. The fourth-order valence-corrected chi connectivity index (χ4v) is 2.26. The molecule has 0 heterocycles. The van der Waals surface area contributed by atoms with Crippen molar-refractivity contribution in [2.75, 3.05) is 0 Å². The zero-order valence-corrected chi connectivity index (χ0v) is 12.6. The van der Waals surface area contributed by atoms with E-state index in [-0.39, 0.29) is 6.54 Å². The predicted molar refractivity (Wildman–Crippen MR) is 82.4 cm³/mol. The van der Waals surface area contributed by atoms with Crippen molar-refractivity contribution < 1.29 is 26.5 Å². The predicted octanol–water partition coefficient (Wildman–Crippen LogP) is 2.58. The van der Waals surface area contributed by atoms with E-state index in [0.717, 1.165) is 16.3 Å². The quantitative estimate of drug-likeness (QED) is 0.819. The molecule has 1 amide bonds. The van der Waals surface area contributed by atoms with E-state index in [1.807, 2.05) is 18.2 Å². The molecule has 23 heavy (non-hydrogen) atoms. The molecule has 8 heteroatoms. The van der Waals surface area contributed by atoms with Crippen molar-refractivity contribution >= 4 is 32.9 Å². The van der Waals surface area contributed by atoms with Crippen molar-refractivity contribution in [3.8, 4) is 0 Å². The van der Waals surface area contributed by atoms with Crippen LogP contribution in [0.3, 0.4) is 0 Å². The summed E-state index contributed by atoms with van der Waals surface area (Å²) in [7, 11) is -5.80. The number of amides is 1. The van der Waals surface area contributed by atoms with Crippen molar-refractivity contribution in [1.82, 2.24) is 5.32 Å². The normalized spacial score (nSPS) is 12.1. The van der Waals surface area contributed by atoms with Crippen molar-refractivity contribution in [1.29, 1.82) is 0 Å². The fourth-order valence-electron chi connectivity index (χ4n) is 1.95. The summed E-state index contributed by atoms with van der Waals surface area (Å²) in [5, 5.41) is -1.37. The summed E-state index contributed by atoms with van der Waals surface area (Å²) >= 11 is 0. The molecule has 5 nitrogen and oxygen atoms in total. The van der Waals surface area contributed by atoms with Crippen LogP contribution in [-0.4, -0.2) is 24.1 Å². The van der Waals surface area contributed by atoms with Gasteiger partial charge in [-0.2, -0.15) is 17.2 Å². The first-order chi connectivity index (χ1) is 10.6. The molecule has 0 aliphatic rings. The van der Waals surface area contributed by atoms with Crippen molar-refractivity contribution in [2.45, 2.75) is 11.8 Å². The summed E-state index contributed by atoms with van der Waals surface area (Å²) in [4.78, 5) is 11.2. The molecule has 0 atom stereocenters. The Bertz CT molecular complexity index is 878. The lowest BCUT2D eigenvalue weighted by atomic mass is 10.0. The molecule has 0 fully saturated rings. The summed E-state index contributed by atoms with van der Waals surface area (Å²) in [6.45, 7) is 3.36. The number of carbonyl (C=O) groups excluding carboxylic acids is 1. The van der Waals surface area contributed by atoms with Gasteiger partial charge in [-0.3, -0.25) is 9.35 Å². The summed E-state index contributed by atoms with van der Waals surface area (Å²) in [5.41, 5.74) is 1.43. The maximum absolute atomic E-state index is 13.1. The van der Waals surface area contributed by atoms with Gasteiger partial charge in [0.1, 0.15) is 0 Å². The zero-order chi connectivity index (χ0) is 17.3. The van der Waals surface area contributed by atoms with Gasteiger partial charge in [-0.25, -0.2) is 0 Å². The molecule has 0 bridgehead atoms. The van der Waals surface area contributed by atoms with Crippen LogP contribution >= 0.6 is 0 Å². The summed E-state index contributed by atoms with van der Waals surface area (Å²) < 4.78 is 55.5. The van der Waals surface area contributed by atoms with Crippen LogP contribution in [0, 0.1) is 0 Å². The minimum Gasteiger partial charge on any atom is -0.346 e. The molecule has 0 radical (unpaired) electrons. The smallest absolute Gasteiger partial charge is 0.346 e. The van der Waals surface area contributed by atoms with E-state index in [2.05, 4.69) is 6.58 Å². The van der Waals surface area contributed by atoms with Gasteiger partial charge >= 0.3 is 21.3 Å². The number of hydrogen-bond acceptors (Lipinski definition) is 3. The molecule has 2 N–H and O–H groups in total. The number of carbonyl (C=O) groups is 1. The second kappa shape index (κ2) is 6.05. The highest BCUT2D eigenvalue weighted by atomic mass is 32.2. The Kier molecular flexibility index (Phi) is 4.49. The van der Waals surface area contributed by atoms with Crippen LogP contribution in [0.4, 0.5) is 8.78 Å². The van der Waals surface area contributed by atoms with Crippen LogP contribution in [0.1, 0.15) is 11.1 Å². The lowest BCUT2D eigenvalue weighted by Gasteiger charge is -2.13. The van der Waals surface area contributed by atoms with E-state index in [0.29, 0.717) is 5.56 Å². The number of rotatable bonds is 5. The number of halogens is 2. The lowest BCUT2D eigenvalue weighted by molar-refractivity contribution is -0.136. The molecular weight excluding hydrogens is 328 g/mol. The number of benzene rings is 2. The van der Waals surface area contributed by atoms with Gasteiger partial charge in [-0.1, -0.05) is 36.9 Å². The largest absolute Gasteiger partial charge is 0.446 e. The number of fused-ring (bicyclic) bond motifs is 1. The molecule has 0 aliphatic carbocycles. The van der Waals surface area contributed by atoms with Gasteiger partial charge in [0.05, 0.1) is 0 Å². The molecule has 2 rings (SSSR count). The second-order valence-electron chi connectivity index (χ2n) is 4.82. The van der Waals surface area contributed by atoms with Gasteiger partial charge in [0.15, 0.2) is 0 Å². The van der Waals surface area contributed by atoms with Gasteiger partial charge in [-0.05, 0) is 34.0 Å². The molecule has 0 unspecified atom stereocenters. The molecule has 0 saturated carbocycles. The third kappa shape index (κ3) is 3.54. The second-order valence-corrected chi connectivity index (χ2v) is 6.28. The highest BCUT2D eigenvalue weighted by Gasteiger charge is 2.52. The van der Waals surface area contributed by atoms with Crippen molar-refractivity contribution in [2.24, 2.45) is 0 Å². The highest BCUT2D eigenvalue weighted by molar-refractivity contribution is 7.87. The topological polar surface area (TPSA) is 83.5 Å². The molecule has 0 spiro atoms. The van der Waals surface area contributed by atoms with Crippen LogP contribution < -0.4 is 5.32 Å². The number of alkyl halides is 2. The van der Waals surface area contributed by atoms with Crippen molar-refractivity contribution in [3.05, 3.63) is 54.1 Å². The van der Waals surface area contributed by atoms with Crippen LogP contribution in [0.5, 0.6) is 0 Å². The van der Waals surface area contributed by atoms with Gasteiger partial charge in [0.2, 0.25) is 0 Å². The van der Waals surface area contributed by atoms with Crippen molar-refractivity contribution in [3.63, 3.8) is 0 Å². The Balaban J connectivity index is 2.17. The van der Waals surface area contributed by atoms with E-state index in [1.54, 1.807) is 29.6 Å². The number of hydrogen-bond donors (Lipinski definition) is 2. The maximum Gasteiger partial charge on any atom is 0.446 e. The zero-order valence-electron chi connectivity index (χ0n) is 11.8. The number of nitrogens with one attached hydrogen (secondary N) is 1. The molecule has 0 aromatic heterocycles. The Morgan fingerprint density at radius 2 is 1.83 bits per heavy atom. The van der Waals surface area contributed by atoms with Crippen LogP contribution in [0.15, 0.2) is 43.0 Å². The monoisotopic (exact) mass is 341 g/mol. The first-order valence-corrected chi connectivity index (χ1v) is 7.87. The summed E-state index contributed by atoms with van der Waals surface area (Å²) in [6.07, 6.45) is 1.69. The van der Waals surface area contributed by atoms with Gasteiger partial charge < -0.3 is 5.32 Å². The molecular formula is C15H13F2NO4S. The SMILES string of the molecule is C=Cc1ccc2cc(CNC(=O)C(F)(F)S(=O)(=O)O)ccc2c1. The minimum absolute atomic E-state index is 0.302. The summed E-state index contributed by atoms with van der Waals surface area (Å²) in [6, 6.07) is 10.5. The Morgan fingerprint density at radius 1 is 1.22 bits per heavy atom. The van der Waals surface area contributed by atoms with E-state index >= 15 is 0 Å². The third-order valence-corrected chi connectivity index (χ3v) is 4.04. The first kappa shape index (κ1) is 17.0. The van der Waals surface area contributed by atoms with Crippen LogP contribution in [-0.2, 0) is 21.5 Å². The molecule has 0 saturated heterocycles. The Morgan fingerprint density at radius 3 is 2.43 bits per heavy atom. The Labute approximate surface area is 131 Å². The van der Waals surface area contributed by atoms with Crippen LogP contribution in [0.2, 0.25) is 0 Å².